The molecular weight excluding hydrogens is 375 g/mol. The third-order valence-electron chi connectivity index (χ3n) is 3.16. The minimum atomic E-state index is -4.85. The molecule has 0 atom stereocenters. The van der Waals surface area contributed by atoms with Crippen molar-refractivity contribution in [2.75, 3.05) is 12.8 Å². The van der Waals surface area contributed by atoms with Crippen LogP contribution in [0.25, 0.3) is 0 Å². The zero-order valence-electron chi connectivity index (χ0n) is 17.0. The van der Waals surface area contributed by atoms with E-state index in [9.17, 15) is 19.1 Å². The minimum Gasteiger partial charge on any atom is -0.810 e. The Hall–Kier alpha value is 0.800. The van der Waals surface area contributed by atoms with Crippen LogP contribution in [0, 0.1) is 0 Å². The third kappa shape index (κ3) is 22.8. The van der Waals surface area contributed by atoms with Crippen molar-refractivity contribution in [3.05, 3.63) is 34.9 Å². The normalized spacial score (nSPS) is 11.9. The maximum absolute atomic E-state index is 11.0. The molecule has 0 spiro atoms. The first-order valence-corrected chi connectivity index (χ1v) is 9.69. The summed E-state index contributed by atoms with van der Waals surface area (Å²) in [6.45, 7) is 8.40. The number of carbonyl (C=O) groups is 1. The zero-order valence-corrected chi connectivity index (χ0v) is 21.9. The van der Waals surface area contributed by atoms with Gasteiger partial charge in [-0.3, -0.25) is 9.63 Å². The first kappa shape index (κ1) is 31.5. The van der Waals surface area contributed by atoms with E-state index in [1.807, 2.05) is 12.4 Å². The van der Waals surface area contributed by atoms with E-state index < -0.39 is 19.7 Å². The Morgan fingerprint density at radius 3 is 1.96 bits per heavy atom. The molecular formula is C17H28NNa2O5P. The van der Waals surface area contributed by atoms with E-state index in [2.05, 4.69) is 32.9 Å². The Kier molecular flexibility index (Phi) is 21.6. The summed E-state index contributed by atoms with van der Waals surface area (Å²) in [5.74, 6) is -0.954. The van der Waals surface area contributed by atoms with Crippen LogP contribution in [0.2, 0.25) is 0 Å². The Balaban J connectivity index is -0.00000264. The van der Waals surface area contributed by atoms with Crippen molar-refractivity contribution < 1.29 is 83.1 Å². The van der Waals surface area contributed by atoms with E-state index in [-0.39, 0.29) is 65.7 Å². The Labute approximate surface area is 201 Å². The zero-order chi connectivity index (χ0) is 18.6. The van der Waals surface area contributed by atoms with Crippen molar-refractivity contribution in [2.45, 2.75) is 53.4 Å². The molecule has 26 heavy (non-hydrogen) atoms. The summed E-state index contributed by atoms with van der Waals surface area (Å²) in [5, 5.41) is 0. The number of hydrogen-bond acceptors (Lipinski definition) is 5. The monoisotopic (exact) mass is 403 g/mol. The van der Waals surface area contributed by atoms with Gasteiger partial charge in [-0.15, -0.1) is 0 Å². The smallest absolute Gasteiger partial charge is 0.810 e. The molecule has 0 unspecified atom stereocenters. The predicted molar refractivity (Wildman–Crippen MR) is 92.0 cm³/mol. The fourth-order valence-electron chi connectivity index (χ4n) is 1.85. The maximum atomic E-state index is 11.0. The average molecular weight is 403 g/mol. The van der Waals surface area contributed by atoms with Gasteiger partial charge in [-0.1, -0.05) is 42.5 Å². The molecule has 0 aromatic carbocycles. The molecule has 0 saturated carbocycles. The van der Waals surface area contributed by atoms with Gasteiger partial charge in [-0.05, 0) is 53.4 Å². The number of rotatable bonds is 11. The van der Waals surface area contributed by atoms with Crippen LogP contribution in [0.3, 0.4) is 0 Å². The summed E-state index contributed by atoms with van der Waals surface area (Å²) < 4.78 is 10.4. The van der Waals surface area contributed by atoms with Crippen LogP contribution in [0.15, 0.2) is 34.9 Å². The second kappa shape index (κ2) is 17.9. The van der Waals surface area contributed by atoms with Crippen molar-refractivity contribution in [1.29, 1.82) is 0 Å². The summed E-state index contributed by atoms with van der Waals surface area (Å²) >= 11 is 0. The molecule has 0 aliphatic carbocycles. The molecule has 9 heteroatoms. The van der Waals surface area contributed by atoms with Gasteiger partial charge in [-0.2, -0.15) is 0 Å². The van der Waals surface area contributed by atoms with Crippen LogP contribution in [0.4, 0.5) is 0 Å². The molecule has 0 aliphatic rings. The number of amides is 1. The summed E-state index contributed by atoms with van der Waals surface area (Å²) in [4.78, 5) is 36.6. The Morgan fingerprint density at radius 1 is 0.962 bits per heavy atom. The maximum Gasteiger partial charge on any atom is 1.00 e. The standard InChI is InChI=1S/C17H30NO5P.2Na/c1-14(2)7-5-8-15(3)9-6-10-16(4)11-12-23-18-17(19)13-24(20,21)22;;/h7,9,11H,5-6,8,10,12-13H2,1-4H3,(H,18,19)(H2,20,21,22);;/q;2*+1/p-2/b15-9+,16-11+;;. The van der Waals surface area contributed by atoms with E-state index >= 15 is 0 Å². The molecule has 0 aliphatic heterocycles. The van der Waals surface area contributed by atoms with Crippen molar-refractivity contribution in [3.63, 3.8) is 0 Å². The van der Waals surface area contributed by atoms with Crippen LogP contribution in [-0.4, -0.2) is 18.7 Å². The minimum absolute atomic E-state index is 0. The van der Waals surface area contributed by atoms with Gasteiger partial charge in [-0.25, -0.2) is 5.48 Å². The van der Waals surface area contributed by atoms with Gasteiger partial charge >= 0.3 is 59.1 Å². The number of nitrogens with one attached hydrogen (secondary N) is 1. The summed E-state index contributed by atoms with van der Waals surface area (Å²) in [6, 6.07) is 0. The largest absolute Gasteiger partial charge is 1.00 e. The van der Waals surface area contributed by atoms with Gasteiger partial charge in [0.25, 0.3) is 0 Å². The Bertz CT molecular complexity index is 537. The van der Waals surface area contributed by atoms with E-state index in [4.69, 9.17) is 4.84 Å². The number of hydrogen-bond donors (Lipinski definition) is 1. The van der Waals surface area contributed by atoms with Gasteiger partial charge in [0.2, 0.25) is 5.91 Å². The fourth-order valence-corrected chi connectivity index (χ4v) is 2.27. The van der Waals surface area contributed by atoms with Crippen LogP contribution in [-0.2, 0) is 14.2 Å². The molecule has 1 N–H and O–H groups in total. The van der Waals surface area contributed by atoms with Crippen molar-refractivity contribution in [3.8, 4) is 0 Å². The fraction of sp³-hybridized carbons (Fsp3) is 0.588. The first-order valence-electron chi connectivity index (χ1n) is 7.96. The summed E-state index contributed by atoms with van der Waals surface area (Å²) in [7, 11) is -4.85. The van der Waals surface area contributed by atoms with Gasteiger partial charge in [0.1, 0.15) is 0 Å². The van der Waals surface area contributed by atoms with Crippen LogP contribution >= 0.6 is 7.60 Å². The molecule has 0 radical (unpaired) electrons. The van der Waals surface area contributed by atoms with Crippen LogP contribution in [0.5, 0.6) is 0 Å². The van der Waals surface area contributed by atoms with Gasteiger partial charge < -0.3 is 14.4 Å². The number of hydroxylamine groups is 1. The quantitative estimate of drug-likeness (QED) is 0.126. The van der Waals surface area contributed by atoms with Gasteiger partial charge in [0, 0.05) is 0 Å². The van der Waals surface area contributed by atoms with Crippen molar-refractivity contribution in [1.82, 2.24) is 5.48 Å². The molecule has 1 amide bonds. The van der Waals surface area contributed by atoms with Crippen molar-refractivity contribution >= 4 is 13.5 Å². The second-order valence-electron chi connectivity index (χ2n) is 6.07. The molecule has 0 heterocycles. The second-order valence-corrected chi connectivity index (χ2v) is 7.60. The molecule has 0 saturated heterocycles. The van der Waals surface area contributed by atoms with E-state index in [1.54, 1.807) is 6.08 Å². The number of allylic oxidation sites excluding steroid dienone is 5. The average Bonchev–Trinajstić information content (AvgIpc) is 2.41. The van der Waals surface area contributed by atoms with Gasteiger partial charge in [0.15, 0.2) is 0 Å². The van der Waals surface area contributed by atoms with E-state index in [0.717, 1.165) is 31.3 Å². The topological polar surface area (TPSA) is 102 Å². The van der Waals surface area contributed by atoms with E-state index in [1.165, 1.54) is 11.1 Å². The molecule has 0 rings (SSSR count). The third-order valence-corrected chi connectivity index (χ3v) is 3.84. The predicted octanol–water partition coefficient (Wildman–Crippen LogP) is -3.62. The first-order chi connectivity index (χ1) is 11.1. The van der Waals surface area contributed by atoms with Crippen LogP contribution < -0.4 is 74.4 Å². The SMILES string of the molecule is CC(C)=CCC/C(C)=C/CC/C(C)=C/CONC(=O)CP(=O)([O-])[O-].[Na+].[Na+]. The number of carbonyl (C=O) groups excluding carboxylic acids is 1. The summed E-state index contributed by atoms with van der Waals surface area (Å²) in [6.07, 6.45) is 9.11. The van der Waals surface area contributed by atoms with Gasteiger partial charge in [0.05, 0.1) is 12.8 Å². The van der Waals surface area contributed by atoms with Crippen LogP contribution in [0.1, 0.15) is 53.4 Å². The molecule has 0 aromatic rings. The van der Waals surface area contributed by atoms with Crippen molar-refractivity contribution in [2.24, 2.45) is 0 Å². The van der Waals surface area contributed by atoms with E-state index in [0.29, 0.717) is 0 Å². The molecule has 6 nitrogen and oxygen atoms in total. The molecule has 138 valence electrons. The molecule has 0 fully saturated rings. The molecule has 0 aromatic heterocycles. The Morgan fingerprint density at radius 2 is 1.46 bits per heavy atom. The summed E-state index contributed by atoms with van der Waals surface area (Å²) in [5.41, 5.74) is 5.73. The molecule has 0 bridgehead atoms.